The fourth-order valence-electron chi connectivity index (χ4n) is 2.74. The molecule has 0 spiro atoms. The minimum absolute atomic E-state index is 0.435. The molecule has 0 heterocycles. The van der Waals surface area contributed by atoms with Crippen molar-refractivity contribution < 1.29 is 4.79 Å². The third-order valence-electron chi connectivity index (χ3n) is 3.56. The van der Waals surface area contributed by atoms with Crippen molar-refractivity contribution in [1.82, 2.24) is 5.32 Å². The number of carbonyl (C=O) groups is 1. The Morgan fingerprint density at radius 3 is 3.00 bits per heavy atom. The van der Waals surface area contributed by atoms with Crippen LogP contribution in [0, 0.1) is 0 Å². The maximum absolute atomic E-state index is 11.7. The van der Waals surface area contributed by atoms with Crippen LogP contribution in [0.4, 0.5) is 0 Å². The first-order valence-corrected chi connectivity index (χ1v) is 6.28. The summed E-state index contributed by atoms with van der Waals surface area (Å²) in [5.74, 6) is 0.435. The van der Waals surface area contributed by atoms with Crippen molar-refractivity contribution in [1.29, 1.82) is 0 Å². The number of carbonyl (C=O) groups excluding carboxylic acids is 1. The molecular formula is C13H21NO. The van der Waals surface area contributed by atoms with Crippen molar-refractivity contribution in [3.05, 3.63) is 11.1 Å². The third-order valence-corrected chi connectivity index (χ3v) is 3.56. The van der Waals surface area contributed by atoms with Gasteiger partial charge in [0.25, 0.3) is 0 Å². The Morgan fingerprint density at radius 2 is 2.20 bits per heavy atom. The molecule has 2 nitrogen and oxygen atoms in total. The van der Waals surface area contributed by atoms with E-state index in [1.165, 1.54) is 24.0 Å². The lowest BCUT2D eigenvalue weighted by molar-refractivity contribution is -0.116. The van der Waals surface area contributed by atoms with Crippen molar-refractivity contribution in [2.24, 2.45) is 0 Å². The van der Waals surface area contributed by atoms with Crippen LogP contribution >= 0.6 is 0 Å². The molecule has 0 aromatic carbocycles. The van der Waals surface area contributed by atoms with E-state index in [1.54, 1.807) is 0 Å². The second-order valence-electron chi connectivity index (χ2n) is 4.75. The van der Waals surface area contributed by atoms with Crippen molar-refractivity contribution in [2.75, 3.05) is 6.54 Å². The van der Waals surface area contributed by atoms with E-state index in [4.69, 9.17) is 0 Å². The van der Waals surface area contributed by atoms with Gasteiger partial charge in [-0.05, 0) is 50.6 Å². The molecular weight excluding hydrogens is 186 g/mol. The molecule has 2 aliphatic rings. The van der Waals surface area contributed by atoms with E-state index in [1.807, 2.05) is 0 Å². The van der Waals surface area contributed by atoms with Crippen LogP contribution in [0.5, 0.6) is 0 Å². The maximum Gasteiger partial charge on any atom is 0.158 e. The molecule has 2 rings (SSSR count). The zero-order valence-corrected chi connectivity index (χ0v) is 9.64. The lowest BCUT2D eigenvalue weighted by Gasteiger charge is -2.30. The molecule has 84 valence electrons. The SMILES string of the molecule is CCCN[C@H]1CCC2=C(CCCC2=O)C1. The van der Waals surface area contributed by atoms with Gasteiger partial charge in [0, 0.05) is 12.5 Å². The lowest BCUT2D eigenvalue weighted by Crippen LogP contribution is -2.34. The van der Waals surface area contributed by atoms with Crippen LogP contribution in [0.15, 0.2) is 11.1 Å². The molecule has 0 saturated heterocycles. The van der Waals surface area contributed by atoms with E-state index in [-0.39, 0.29) is 0 Å². The highest BCUT2D eigenvalue weighted by molar-refractivity contribution is 5.97. The quantitative estimate of drug-likeness (QED) is 0.770. The first-order chi connectivity index (χ1) is 7.31. The number of rotatable bonds is 3. The number of hydrogen-bond donors (Lipinski definition) is 1. The summed E-state index contributed by atoms with van der Waals surface area (Å²) in [4.78, 5) is 11.7. The predicted octanol–water partition coefficient (Wildman–Crippen LogP) is 2.59. The molecule has 0 saturated carbocycles. The molecule has 0 radical (unpaired) electrons. The van der Waals surface area contributed by atoms with Gasteiger partial charge in [-0.2, -0.15) is 0 Å². The first-order valence-electron chi connectivity index (χ1n) is 6.28. The Balaban J connectivity index is 1.97. The highest BCUT2D eigenvalue weighted by Gasteiger charge is 2.26. The zero-order chi connectivity index (χ0) is 10.7. The van der Waals surface area contributed by atoms with Gasteiger partial charge in [0.2, 0.25) is 0 Å². The van der Waals surface area contributed by atoms with Crippen LogP contribution in [-0.4, -0.2) is 18.4 Å². The Labute approximate surface area is 92.1 Å². The minimum Gasteiger partial charge on any atom is -0.314 e. The van der Waals surface area contributed by atoms with Crippen molar-refractivity contribution in [2.45, 2.75) is 57.9 Å². The van der Waals surface area contributed by atoms with Crippen LogP contribution in [0.1, 0.15) is 51.9 Å². The number of ketones is 1. The van der Waals surface area contributed by atoms with Crippen LogP contribution in [0.3, 0.4) is 0 Å². The fourth-order valence-corrected chi connectivity index (χ4v) is 2.74. The molecule has 0 bridgehead atoms. The summed E-state index contributed by atoms with van der Waals surface area (Å²) >= 11 is 0. The Morgan fingerprint density at radius 1 is 1.33 bits per heavy atom. The van der Waals surface area contributed by atoms with Gasteiger partial charge in [-0.3, -0.25) is 4.79 Å². The van der Waals surface area contributed by atoms with Crippen molar-refractivity contribution in [3.63, 3.8) is 0 Å². The molecule has 0 unspecified atom stereocenters. The second kappa shape index (κ2) is 4.93. The van der Waals surface area contributed by atoms with Gasteiger partial charge in [-0.25, -0.2) is 0 Å². The Kier molecular flexibility index (Phi) is 3.57. The van der Waals surface area contributed by atoms with Crippen LogP contribution < -0.4 is 5.32 Å². The summed E-state index contributed by atoms with van der Waals surface area (Å²) in [6.07, 6.45) is 7.55. The molecule has 0 aromatic heterocycles. The fraction of sp³-hybridized carbons (Fsp3) is 0.769. The monoisotopic (exact) mass is 207 g/mol. The Hall–Kier alpha value is -0.630. The average molecular weight is 207 g/mol. The topological polar surface area (TPSA) is 29.1 Å². The van der Waals surface area contributed by atoms with Crippen molar-refractivity contribution in [3.8, 4) is 0 Å². The van der Waals surface area contributed by atoms with Gasteiger partial charge in [-0.15, -0.1) is 0 Å². The van der Waals surface area contributed by atoms with Gasteiger partial charge < -0.3 is 5.32 Å². The third kappa shape index (κ3) is 2.49. The molecule has 2 aliphatic carbocycles. The van der Waals surface area contributed by atoms with Gasteiger partial charge in [0.05, 0.1) is 0 Å². The normalized spacial score (nSPS) is 26.7. The summed E-state index contributed by atoms with van der Waals surface area (Å²) in [7, 11) is 0. The van der Waals surface area contributed by atoms with Gasteiger partial charge in [-0.1, -0.05) is 12.5 Å². The molecule has 1 atom stereocenters. The highest BCUT2D eigenvalue weighted by atomic mass is 16.1. The minimum atomic E-state index is 0.435. The molecule has 0 amide bonds. The summed E-state index contributed by atoms with van der Waals surface area (Å²) in [5.41, 5.74) is 2.65. The summed E-state index contributed by atoms with van der Waals surface area (Å²) in [6.45, 7) is 3.31. The highest BCUT2D eigenvalue weighted by Crippen LogP contribution is 2.33. The molecule has 0 aromatic rings. The smallest absolute Gasteiger partial charge is 0.158 e. The van der Waals surface area contributed by atoms with Gasteiger partial charge in [0.15, 0.2) is 5.78 Å². The molecule has 2 heteroatoms. The largest absolute Gasteiger partial charge is 0.314 e. The second-order valence-corrected chi connectivity index (χ2v) is 4.75. The number of Topliss-reactive ketones (excluding diaryl/α,β-unsaturated/α-hetero) is 1. The van der Waals surface area contributed by atoms with E-state index < -0.39 is 0 Å². The first kappa shape index (κ1) is 10.9. The maximum atomic E-state index is 11.7. The average Bonchev–Trinajstić information content (AvgIpc) is 2.26. The standard InChI is InChI=1S/C13H21NO/c1-2-8-14-11-6-7-12-10(9-11)4-3-5-13(12)15/h11,14H,2-9H2,1H3/t11-/m0/s1. The summed E-state index contributed by atoms with van der Waals surface area (Å²) in [6, 6.07) is 0.634. The Bertz CT molecular complexity index is 280. The van der Waals surface area contributed by atoms with E-state index in [0.29, 0.717) is 11.8 Å². The summed E-state index contributed by atoms with van der Waals surface area (Å²) in [5, 5.41) is 3.57. The number of nitrogens with one attached hydrogen (secondary N) is 1. The molecule has 1 N–H and O–H groups in total. The van der Waals surface area contributed by atoms with Gasteiger partial charge >= 0.3 is 0 Å². The van der Waals surface area contributed by atoms with Gasteiger partial charge in [0.1, 0.15) is 0 Å². The zero-order valence-electron chi connectivity index (χ0n) is 9.64. The predicted molar refractivity (Wildman–Crippen MR) is 61.8 cm³/mol. The van der Waals surface area contributed by atoms with Crippen LogP contribution in [0.2, 0.25) is 0 Å². The number of hydrogen-bond acceptors (Lipinski definition) is 2. The van der Waals surface area contributed by atoms with Crippen molar-refractivity contribution >= 4 is 5.78 Å². The molecule has 15 heavy (non-hydrogen) atoms. The lowest BCUT2D eigenvalue weighted by atomic mass is 9.79. The van der Waals surface area contributed by atoms with Crippen LogP contribution in [0.25, 0.3) is 0 Å². The van der Waals surface area contributed by atoms with E-state index >= 15 is 0 Å². The molecule has 0 fully saturated rings. The number of allylic oxidation sites excluding steroid dienone is 1. The summed E-state index contributed by atoms with van der Waals surface area (Å²) < 4.78 is 0. The van der Waals surface area contributed by atoms with E-state index in [0.717, 1.165) is 38.6 Å². The van der Waals surface area contributed by atoms with Crippen LogP contribution in [-0.2, 0) is 4.79 Å². The molecule has 0 aliphatic heterocycles. The van der Waals surface area contributed by atoms with E-state index in [2.05, 4.69) is 12.2 Å². The van der Waals surface area contributed by atoms with E-state index in [9.17, 15) is 4.79 Å².